The SMILES string of the molecule is Cn1nnc2c1C(COCc1cccnc1)CN(Cc1ccco1)C2. The van der Waals surface area contributed by atoms with Crippen molar-refractivity contribution in [3.8, 4) is 0 Å². The van der Waals surface area contributed by atoms with Crippen molar-refractivity contribution in [1.29, 1.82) is 0 Å². The fraction of sp³-hybridized carbons (Fsp3) is 0.389. The molecular formula is C18H21N5O2. The maximum absolute atomic E-state index is 5.96. The fourth-order valence-electron chi connectivity index (χ4n) is 3.37. The molecule has 1 aliphatic heterocycles. The van der Waals surface area contributed by atoms with E-state index in [9.17, 15) is 0 Å². The lowest BCUT2D eigenvalue weighted by atomic mass is 9.99. The first-order valence-corrected chi connectivity index (χ1v) is 8.39. The van der Waals surface area contributed by atoms with E-state index in [1.807, 2.05) is 42.2 Å². The first-order valence-electron chi connectivity index (χ1n) is 8.39. The number of hydrogen-bond acceptors (Lipinski definition) is 6. The Kier molecular flexibility index (Phi) is 4.58. The molecule has 4 rings (SSSR count). The highest BCUT2D eigenvalue weighted by atomic mass is 16.5. The molecule has 3 aromatic rings. The normalized spacial score (nSPS) is 17.6. The minimum absolute atomic E-state index is 0.232. The number of aromatic nitrogens is 4. The number of nitrogens with zero attached hydrogens (tertiary/aromatic N) is 5. The molecule has 1 aliphatic rings. The molecule has 1 unspecified atom stereocenters. The van der Waals surface area contributed by atoms with Gasteiger partial charge in [0.1, 0.15) is 11.5 Å². The topological polar surface area (TPSA) is 69.2 Å². The lowest BCUT2D eigenvalue weighted by Crippen LogP contribution is -2.35. The number of furan rings is 1. The molecule has 0 fully saturated rings. The molecule has 0 amide bonds. The quantitative estimate of drug-likeness (QED) is 0.685. The monoisotopic (exact) mass is 339 g/mol. The van der Waals surface area contributed by atoms with Crippen molar-refractivity contribution in [1.82, 2.24) is 24.9 Å². The first-order chi connectivity index (χ1) is 12.3. The number of hydrogen-bond donors (Lipinski definition) is 0. The van der Waals surface area contributed by atoms with Crippen LogP contribution in [-0.2, 0) is 31.5 Å². The van der Waals surface area contributed by atoms with E-state index in [2.05, 4.69) is 20.2 Å². The average molecular weight is 339 g/mol. The number of pyridine rings is 1. The fourth-order valence-corrected chi connectivity index (χ4v) is 3.37. The van der Waals surface area contributed by atoms with Crippen molar-refractivity contribution in [2.24, 2.45) is 7.05 Å². The van der Waals surface area contributed by atoms with Crippen molar-refractivity contribution in [2.75, 3.05) is 13.2 Å². The van der Waals surface area contributed by atoms with E-state index < -0.39 is 0 Å². The summed E-state index contributed by atoms with van der Waals surface area (Å²) in [5.74, 6) is 1.19. The summed E-state index contributed by atoms with van der Waals surface area (Å²) >= 11 is 0. The number of fused-ring (bicyclic) bond motifs is 1. The molecule has 3 aromatic heterocycles. The highest BCUT2D eigenvalue weighted by Crippen LogP contribution is 2.28. The molecule has 0 radical (unpaired) electrons. The minimum atomic E-state index is 0.232. The van der Waals surface area contributed by atoms with Gasteiger partial charge in [-0.05, 0) is 23.8 Å². The van der Waals surface area contributed by atoms with Crippen molar-refractivity contribution < 1.29 is 9.15 Å². The summed E-state index contributed by atoms with van der Waals surface area (Å²) in [5, 5.41) is 8.52. The molecule has 0 bridgehead atoms. The molecule has 0 aliphatic carbocycles. The first kappa shape index (κ1) is 16.0. The lowest BCUT2D eigenvalue weighted by molar-refractivity contribution is 0.0812. The van der Waals surface area contributed by atoms with Gasteiger partial charge in [0.2, 0.25) is 0 Å². The second-order valence-corrected chi connectivity index (χ2v) is 6.37. The zero-order valence-electron chi connectivity index (χ0n) is 14.2. The molecule has 130 valence electrons. The average Bonchev–Trinajstić information content (AvgIpc) is 3.26. The lowest BCUT2D eigenvalue weighted by Gasteiger charge is -2.31. The summed E-state index contributed by atoms with van der Waals surface area (Å²) in [4.78, 5) is 6.45. The van der Waals surface area contributed by atoms with Gasteiger partial charge in [-0.25, -0.2) is 0 Å². The highest BCUT2D eigenvalue weighted by molar-refractivity contribution is 5.20. The van der Waals surface area contributed by atoms with Crippen LogP contribution in [0.1, 0.15) is 28.6 Å². The Balaban J connectivity index is 1.44. The van der Waals surface area contributed by atoms with Crippen LogP contribution >= 0.6 is 0 Å². The summed E-state index contributed by atoms with van der Waals surface area (Å²) in [6.07, 6.45) is 5.31. The number of aryl methyl sites for hydroxylation is 1. The van der Waals surface area contributed by atoms with E-state index in [0.29, 0.717) is 13.2 Å². The molecule has 0 spiro atoms. The molecule has 0 aromatic carbocycles. The van der Waals surface area contributed by atoms with Crippen LogP contribution in [0.2, 0.25) is 0 Å². The van der Waals surface area contributed by atoms with Crippen LogP contribution in [-0.4, -0.2) is 38.0 Å². The van der Waals surface area contributed by atoms with Gasteiger partial charge in [-0.1, -0.05) is 11.3 Å². The van der Waals surface area contributed by atoms with Crippen molar-refractivity contribution in [3.05, 3.63) is 65.6 Å². The maximum Gasteiger partial charge on any atom is 0.117 e. The van der Waals surface area contributed by atoms with Gasteiger partial charge in [-0.2, -0.15) is 0 Å². The standard InChI is InChI=1S/C18H21N5O2/c1-22-18-15(13-24-12-14-4-2-6-19-8-14)9-23(11-17(18)20-21-22)10-16-5-3-7-25-16/h2-8,15H,9-13H2,1H3. The van der Waals surface area contributed by atoms with Gasteiger partial charge in [0.15, 0.2) is 0 Å². The molecule has 7 heteroatoms. The maximum atomic E-state index is 5.96. The summed E-state index contributed by atoms with van der Waals surface area (Å²) in [5.41, 5.74) is 3.27. The van der Waals surface area contributed by atoms with Crippen LogP contribution in [0.15, 0.2) is 47.3 Å². The van der Waals surface area contributed by atoms with E-state index in [-0.39, 0.29) is 5.92 Å². The third kappa shape index (κ3) is 3.62. The van der Waals surface area contributed by atoms with Crippen LogP contribution in [0.5, 0.6) is 0 Å². The molecule has 25 heavy (non-hydrogen) atoms. The minimum Gasteiger partial charge on any atom is -0.468 e. The Morgan fingerprint density at radius 3 is 3.08 bits per heavy atom. The van der Waals surface area contributed by atoms with Gasteiger partial charge >= 0.3 is 0 Å². The summed E-state index contributed by atoms with van der Waals surface area (Å²) < 4.78 is 13.3. The predicted octanol–water partition coefficient (Wildman–Crippen LogP) is 2.12. The summed E-state index contributed by atoms with van der Waals surface area (Å²) in [6, 6.07) is 7.86. The molecule has 4 heterocycles. The zero-order chi connectivity index (χ0) is 17.1. The summed E-state index contributed by atoms with van der Waals surface area (Å²) in [6.45, 7) is 3.62. The largest absolute Gasteiger partial charge is 0.468 e. The Labute approximate surface area is 146 Å². The smallest absolute Gasteiger partial charge is 0.117 e. The molecule has 0 saturated carbocycles. The molecule has 0 N–H and O–H groups in total. The van der Waals surface area contributed by atoms with Crippen LogP contribution in [0.25, 0.3) is 0 Å². The van der Waals surface area contributed by atoms with Crippen LogP contribution < -0.4 is 0 Å². The van der Waals surface area contributed by atoms with Crippen LogP contribution in [0.4, 0.5) is 0 Å². The molecular weight excluding hydrogens is 318 g/mol. The third-order valence-corrected chi connectivity index (χ3v) is 4.45. The van der Waals surface area contributed by atoms with E-state index in [1.54, 1.807) is 12.5 Å². The highest BCUT2D eigenvalue weighted by Gasteiger charge is 2.30. The Hall–Kier alpha value is -2.51. The second-order valence-electron chi connectivity index (χ2n) is 6.37. The van der Waals surface area contributed by atoms with E-state index in [4.69, 9.17) is 9.15 Å². The van der Waals surface area contributed by atoms with Crippen molar-refractivity contribution in [2.45, 2.75) is 25.6 Å². The van der Waals surface area contributed by atoms with E-state index in [1.165, 1.54) is 5.69 Å². The Morgan fingerprint density at radius 2 is 2.28 bits per heavy atom. The van der Waals surface area contributed by atoms with Gasteiger partial charge in [-0.3, -0.25) is 14.6 Å². The van der Waals surface area contributed by atoms with Gasteiger partial charge < -0.3 is 9.15 Å². The Bertz CT molecular complexity index is 800. The zero-order valence-corrected chi connectivity index (χ0v) is 14.2. The number of rotatable bonds is 6. The van der Waals surface area contributed by atoms with Crippen LogP contribution in [0.3, 0.4) is 0 Å². The van der Waals surface area contributed by atoms with E-state index >= 15 is 0 Å². The van der Waals surface area contributed by atoms with Gasteiger partial charge in [0.05, 0.1) is 31.7 Å². The summed E-state index contributed by atoms with van der Waals surface area (Å²) in [7, 11) is 1.95. The van der Waals surface area contributed by atoms with E-state index in [0.717, 1.165) is 36.7 Å². The van der Waals surface area contributed by atoms with Gasteiger partial charge in [0.25, 0.3) is 0 Å². The molecule has 1 atom stereocenters. The number of ether oxygens (including phenoxy) is 1. The molecule has 7 nitrogen and oxygen atoms in total. The van der Waals surface area contributed by atoms with Crippen molar-refractivity contribution >= 4 is 0 Å². The second kappa shape index (κ2) is 7.16. The molecule has 0 saturated heterocycles. The van der Waals surface area contributed by atoms with Crippen LogP contribution in [0, 0.1) is 0 Å². The third-order valence-electron chi connectivity index (χ3n) is 4.45. The van der Waals surface area contributed by atoms with Gasteiger partial charge in [-0.15, -0.1) is 5.10 Å². The van der Waals surface area contributed by atoms with Crippen molar-refractivity contribution in [3.63, 3.8) is 0 Å². The Morgan fingerprint density at radius 1 is 1.32 bits per heavy atom. The van der Waals surface area contributed by atoms with Gasteiger partial charge in [0, 0.05) is 38.4 Å². The predicted molar refractivity (Wildman–Crippen MR) is 90.5 cm³/mol.